The molecular weight excluding hydrogens is 379 g/mol. The number of rotatable bonds is 6. The van der Waals surface area contributed by atoms with Gasteiger partial charge in [0.05, 0.1) is 17.6 Å². The highest BCUT2D eigenvalue weighted by Crippen LogP contribution is 2.48. The van der Waals surface area contributed by atoms with Crippen LogP contribution in [0.5, 0.6) is 0 Å². The Bertz CT molecular complexity index is 860. The van der Waals surface area contributed by atoms with Crippen molar-refractivity contribution in [2.24, 2.45) is 0 Å². The Morgan fingerprint density at radius 3 is 2.74 bits per heavy atom. The average Bonchev–Trinajstić information content (AvgIpc) is 3.12. The summed E-state index contributed by atoms with van der Waals surface area (Å²) in [6.45, 7) is 2.67. The van der Waals surface area contributed by atoms with Crippen LogP contribution in [-0.4, -0.2) is 65.0 Å². The molecule has 0 aliphatic carbocycles. The van der Waals surface area contributed by atoms with Crippen LogP contribution in [-0.2, 0) is 13.8 Å². The third kappa shape index (κ3) is 3.85. The minimum Gasteiger partial charge on any atom is -0.388 e. The van der Waals surface area contributed by atoms with E-state index in [1.165, 1.54) is 13.3 Å². The number of nitrogens with two attached hydrogens (primary N) is 1. The van der Waals surface area contributed by atoms with Crippen LogP contribution in [0.2, 0.25) is 0 Å². The predicted molar refractivity (Wildman–Crippen MR) is 94.5 cm³/mol. The molecule has 7 atom stereocenters. The van der Waals surface area contributed by atoms with Gasteiger partial charge in [0.25, 0.3) is 0 Å². The van der Waals surface area contributed by atoms with Gasteiger partial charge in [0.15, 0.2) is 12.1 Å². The molecule has 12 heteroatoms. The van der Waals surface area contributed by atoms with Crippen LogP contribution in [0.4, 0.5) is 5.82 Å². The van der Waals surface area contributed by atoms with E-state index in [2.05, 4.69) is 9.97 Å². The Labute approximate surface area is 154 Å². The lowest BCUT2D eigenvalue weighted by atomic mass is 10.1. The van der Waals surface area contributed by atoms with Crippen molar-refractivity contribution in [2.75, 3.05) is 5.73 Å². The number of anilines is 1. The van der Waals surface area contributed by atoms with Gasteiger partial charge in [-0.2, -0.15) is 0 Å². The van der Waals surface area contributed by atoms with Gasteiger partial charge in [-0.05, 0) is 19.9 Å². The number of fused-ring (bicyclic) bond motifs is 1. The van der Waals surface area contributed by atoms with Crippen molar-refractivity contribution < 1.29 is 34.0 Å². The molecule has 5 unspecified atom stereocenters. The summed E-state index contributed by atoms with van der Waals surface area (Å²) in [4.78, 5) is 17.6. The molecule has 3 rings (SSSR count). The largest absolute Gasteiger partial charge is 0.388 e. The Balaban J connectivity index is 1.76. The molecule has 3 heterocycles. The van der Waals surface area contributed by atoms with E-state index in [0.29, 0.717) is 11.0 Å². The van der Waals surface area contributed by atoms with Crippen LogP contribution in [0, 0.1) is 0 Å². The summed E-state index contributed by atoms with van der Waals surface area (Å²) in [5, 5.41) is 30.6. The van der Waals surface area contributed by atoms with Crippen LogP contribution < -0.4 is 5.73 Å². The maximum absolute atomic E-state index is 11.8. The number of hydrogen-bond donors (Lipinski definition) is 5. The fourth-order valence-electron chi connectivity index (χ4n) is 3.07. The molecule has 1 aliphatic heterocycles. The van der Waals surface area contributed by atoms with Crippen molar-refractivity contribution in [1.29, 1.82) is 0 Å². The summed E-state index contributed by atoms with van der Waals surface area (Å²) in [7, 11) is -4.19. The van der Waals surface area contributed by atoms with E-state index >= 15 is 0 Å². The lowest BCUT2D eigenvalue weighted by molar-refractivity contribution is -0.0460. The first kappa shape index (κ1) is 20.2. The maximum atomic E-state index is 11.8. The number of nitrogens with zero attached hydrogens (tertiary/aromatic N) is 3. The molecule has 27 heavy (non-hydrogen) atoms. The molecule has 11 nitrogen and oxygen atoms in total. The molecule has 0 bridgehead atoms. The number of aliphatic hydroxyl groups is 3. The number of nitrogen functional groups attached to an aromatic ring is 1. The van der Waals surface area contributed by atoms with Gasteiger partial charge in [-0.15, -0.1) is 0 Å². The minimum atomic E-state index is -4.19. The van der Waals surface area contributed by atoms with E-state index in [-0.39, 0.29) is 12.2 Å². The second-order valence-corrected chi connectivity index (χ2v) is 8.70. The first-order valence-electron chi connectivity index (χ1n) is 8.39. The monoisotopic (exact) mass is 402 g/mol. The zero-order chi connectivity index (χ0) is 19.9. The van der Waals surface area contributed by atoms with Gasteiger partial charge in [0, 0.05) is 12.6 Å². The van der Waals surface area contributed by atoms with Crippen molar-refractivity contribution in [2.45, 2.75) is 56.8 Å². The minimum absolute atomic E-state index is 0.0301. The first-order chi connectivity index (χ1) is 12.6. The predicted octanol–water partition coefficient (Wildman–Crippen LogP) is -0.0484. The van der Waals surface area contributed by atoms with E-state index in [0.717, 1.165) is 6.92 Å². The van der Waals surface area contributed by atoms with Gasteiger partial charge in [-0.1, -0.05) is 0 Å². The summed E-state index contributed by atoms with van der Waals surface area (Å²) in [6, 6.07) is 1.68. The highest BCUT2D eigenvalue weighted by Gasteiger charge is 2.45. The van der Waals surface area contributed by atoms with Crippen molar-refractivity contribution in [3.8, 4) is 0 Å². The lowest BCUT2D eigenvalue weighted by Gasteiger charge is -2.23. The van der Waals surface area contributed by atoms with Crippen molar-refractivity contribution >= 4 is 24.4 Å². The average molecular weight is 402 g/mol. The topological polar surface area (TPSA) is 173 Å². The molecule has 2 aromatic rings. The molecule has 2 aromatic heterocycles. The van der Waals surface area contributed by atoms with Crippen LogP contribution in [0.25, 0.3) is 11.0 Å². The molecule has 1 aliphatic rings. The standard InChI is InChI=1S/C15H23N4O7P/c1-7(26-27(23,24)8(2)20)5-10-11(21)12(22)15(25-10)19-4-3-9-13(16)17-6-18-14(9)19/h3-4,6-8,10-12,15,20-22H,5H2,1-2H3,(H,23,24)(H2,16,17,18)/t7?,8?,10?,11?,12-,15-/m1/s1. The molecule has 0 spiro atoms. The van der Waals surface area contributed by atoms with Crippen LogP contribution >= 0.6 is 7.60 Å². The molecule has 6 N–H and O–H groups in total. The van der Waals surface area contributed by atoms with Gasteiger partial charge in [0.1, 0.15) is 30.0 Å². The Morgan fingerprint density at radius 1 is 1.37 bits per heavy atom. The van der Waals surface area contributed by atoms with E-state index in [9.17, 15) is 24.8 Å². The number of hydrogen-bond acceptors (Lipinski definition) is 9. The van der Waals surface area contributed by atoms with Gasteiger partial charge in [0.2, 0.25) is 0 Å². The maximum Gasteiger partial charge on any atom is 0.356 e. The molecule has 0 radical (unpaired) electrons. The van der Waals surface area contributed by atoms with E-state index in [1.54, 1.807) is 16.8 Å². The van der Waals surface area contributed by atoms with E-state index < -0.39 is 44.1 Å². The molecule has 0 amide bonds. The zero-order valence-electron chi connectivity index (χ0n) is 14.8. The fraction of sp³-hybridized carbons (Fsp3) is 0.600. The van der Waals surface area contributed by atoms with Crippen LogP contribution in [0.1, 0.15) is 26.5 Å². The quantitative estimate of drug-likeness (QED) is 0.412. The van der Waals surface area contributed by atoms with E-state index in [1.807, 2.05) is 0 Å². The summed E-state index contributed by atoms with van der Waals surface area (Å²) >= 11 is 0. The van der Waals surface area contributed by atoms with Crippen molar-refractivity contribution in [1.82, 2.24) is 14.5 Å². The van der Waals surface area contributed by atoms with Gasteiger partial charge >= 0.3 is 7.60 Å². The fourth-order valence-corrected chi connectivity index (χ4v) is 3.84. The molecular formula is C15H23N4O7P. The Morgan fingerprint density at radius 2 is 2.07 bits per heavy atom. The Hall–Kier alpha value is -1.59. The SMILES string of the molecule is CC(CC1O[C@@H](n2ccc3c(N)ncnc32)[C@H](O)C1O)OP(=O)(O)C(C)O. The second kappa shape index (κ2) is 7.44. The normalized spacial score (nSPS) is 30.3. The van der Waals surface area contributed by atoms with Gasteiger partial charge in [-0.25, -0.2) is 9.97 Å². The van der Waals surface area contributed by atoms with Crippen LogP contribution in [0.15, 0.2) is 18.6 Å². The van der Waals surface area contributed by atoms with Crippen LogP contribution in [0.3, 0.4) is 0 Å². The molecule has 150 valence electrons. The highest BCUT2D eigenvalue weighted by atomic mass is 31.2. The van der Waals surface area contributed by atoms with Gasteiger partial charge < -0.3 is 39.8 Å². The van der Waals surface area contributed by atoms with Crippen molar-refractivity contribution in [3.05, 3.63) is 18.6 Å². The first-order valence-corrected chi connectivity index (χ1v) is 10.0. The summed E-state index contributed by atoms with van der Waals surface area (Å²) in [5.41, 5.74) is 6.24. The third-order valence-corrected chi connectivity index (χ3v) is 6.13. The molecule has 0 saturated carbocycles. The molecule has 1 saturated heterocycles. The van der Waals surface area contributed by atoms with Gasteiger partial charge in [-0.3, -0.25) is 4.57 Å². The summed E-state index contributed by atoms with van der Waals surface area (Å²) in [5.74, 6) is -1.26. The third-order valence-electron chi connectivity index (χ3n) is 4.52. The number of aliphatic hydroxyl groups excluding tert-OH is 3. The summed E-state index contributed by atoms with van der Waals surface area (Å²) < 4.78 is 24.1. The van der Waals surface area contributed by atoms with Crippen molar-refractivity contribution in [3.63, 3.8) is 0 Å². The number of aromatic nitrogens is 3. The second-order valence-electron chi connectivity index (χ2n) is 6.61. The highest BCUT2D eigenvalue weighted by molar-refractivity contribution is 7.53. The zero-order valence-corrected chi connectivity index (χ0v) is 15.7. The van der Waals surface area contributed by atoms with E-state index in [4.69, 9.17) is 15.0 Å². The lowest BCUT2D eigenvalue weighted by Crippen LogP contribution is -2.33. The smallest absolute Gasteiger partial charge is 0.356 e. The molecule has 1 fully saturated rings. The Kier molecular flexibility index (Phi) is 5.55. The summed E-state index contributed by atoms with van der Waals surface area (Å²) in [6.07, 6.45) is -2.16. The number of ether oxygens (including phenoxy) is 1. The molecule has 0 aromatic carbocycles.